The molecule has 0 saturated carbocycles. The smallest absolute Gasteiger partial charge is 0.872 e. The molecule has 1 aromatic carbocycles. The Morgan fingerprint density at radius 1 is 1.24 bits per heavy atom. The van der Waals surface area contributed by atoms with Gasteiger partial charge >= 0.3 is 35.5 Å². The molecule has 0 aliphatic heterocycles. The molecule has 0 spiro atoms. The molecule has 4 heteroatoms. The van der Waals surface area contributed by atoms with Gasteiger partial charge in [-0.1, -0.05) is 38.3 Å². The van der Waals surface area contributed by atoms with E-state index in [-0.39, 0.29) is 40.9 Å². The topological polar surface area (TPSA) is 60.4 Å². The summed E-state index contributed by atoms with van der Waals surface area (Å²) in [4.78, 5) is 10.7. The van der Waals surface area contributed by atoms with Gasteiger partial charge in [0.2, 0.25) is 0 Å². The van der Waals surface area contributed by atoms with E-state index < -0.39 is 5.97 Å². The maximum absolute atomic E-state index is 11.2. The van der Waals surface area contributed by atoms with Gasteiger partial charge < -0.3 is 10.2 Å². The largest absolute Gasteiger partial charge is 1.00 e. The van der Waals surface area contributed by atoms with E-state index in [0.29, 0.717) is 0 Å². The van der Waals surface area contributed by atoms with Crippen LogP contribution >= 0.6 is 0 Å². The molecule has 0 aliphatic carbocycles. The van der Waals surface area contributed by atoms with Crippen molar-refractivity contribution in [1.29, 1.82) is 0 Å². The third-order valence-corrected chi connectivity index (χ3v) is 2.53. The number of carbonyl (C=O) groups is 1. The number of aromatic carboxylic acids is 1. The Kier molecular flexibility index (Phi) is 8.30. The van der Waals surface area contributed by atoms with Crippen molar-refractivity contribution in [3.63, 3.8) is 0 Å². The van der Waals surface area contributed by atoms with Crippen molar-refractivity contribution in [3.05, 3.63) is 29.3 Å². The summed E-state index contributed by atoms with van der Waals surface area (Å²) in [5, 5.41) is 20.0. The molecule has 0 heterocycles. The van der Waals surface area contributed by atoms with E-state index in [9.17, 15) is 9.90 Å². The molecule has 0 radical (unpaired) electrons. The first-order valence-electron chi connectivity index (χ1n) is 5.67. The summed E-state index contributed by atoms with van der Waals surface area (Å²) in [6, 6.07) is 4.28. The summed E-state index contributed by atoms with van der Waals surface area (Å²) in [5.74, 6) is -1.25. The predicted octanol–water partition coefficient (Wildman–Crippen LogP) is -0.415. The number of unbranched alkanes of at least 4 members (excludes halogenated alkanes) is 3. The van der Waals surface area contributed by atoms with Gasteiger partial charge in [-0.15, -0.1) is 5.75 Å². The molecule has 0 saturated heterocycles. The van der Waals surface area contributed by atoms with Crippen molar-refractivity contribution in [2.45, 2.75) is 39.0 Å². The zero-order valence-corrected chi connectivity index (χ0v) is 12.5. The van der Waals surface area contributed by atoms with Gasteiger partial charge in [0.05, 0.1) is 5.56 Å². The van der Waals surface area contributed by atoms with Crippen LogP contribution in [-0.2, 0) is 6.42 Å². The minimum atomic E-state index is -1.03. The number of aryl methyl sites for hydroxylation is 1. The van der Waals surface area contributed by atoms with Crippen molar-refractivity contribution < 1.29 is 44.6 Å². The molecule has 0 fully saturated rings. The van der Waals surface area contributed by atoms with Gasteiger partial charge in [-0.3, -0.25) is 0 Å². The van der Waals surface area contributed by atoms with E-state index >= 15 is 0 Å². The average molecular weight is 244 g/mol. The van der Waals surface area contributed by atoms with Crippen LogP contribution in [0.5, 0.6) is 5.75 Å². The molecular formula is C13H17NaO3. The predicted molar refractivity (Wildman–Crippen MR) is 60.7 cm³/mol. The molecule has 0 atom stereocenters. The van der Waals surface area contributed by atoms with Gasteiger partial charge in [-0.2, -0.15) is 0 Å². The number of hydrogen-bond donors (Lipinski definition) is 1. The minimum Gasteiger partial charge on any atom is -0.872 e. The van der Waals surface area contributed by atoms with Gasteiger partial charge in [0.15, 0.2) is 0 Å². The van der Waals surface area contributed by atoms with E-state index in [1.165, 1.54) is 18.9 Å². The van der Waals surface area contributed by atoms with Gasteiger partial charge in [0, 0.05) is 0 Å². The first-order chi connectivity index (χ1) is 7.63. The van der Waals surface area contributed by atoms with Crippen LogP contribution in [0.15, 0.2) is 18.2 Å². The quantitative estimate of drug-likeness (QED) is 0.546. The SMILES string of the molecule is CCCCCCc1cc([O-])cc(C(=O)O)c1.[Na+]. The summed E-state index contributed by atoms with van der Waals surface area (Å²) >= 11 is 0. The molecule has 0 unspecified atom stereocenters. The van der Waals surface area contributed by atoms with Crippen LogP contribution in [0.3, 0.4) is 0 Å². The maximum Gasteiger partial charge on any atom is 1.00 e. The second-order valence-electron chi connectivity index (χ2n) is 3.98. The molecule has 88 valence electrons. The number of hydrogen-bond acceptors (Lipinski definition) is 2. The fourth-order valence-electron chi connectivity index (χ4n) is 1.68. The van der Waals surface area contributed by atoms with Crippen LogP contribution in [0.4, 0.5) is 0 Å². The second kappa shape index (κ2) is 8.56. The van der Waals surface area contributed by atoms with Crippen LogP contribution < -0.4 is 34.7 Å². The summed E-state index contributed by atoms with van der Waals surface area (Å²) < 4.78 is 0. The standard InChI is InChI=1S/C13H18O3.Na/c1-2-3-4-5-6-10-7-11(13(15)16)9-12(14)8-10;/h7-9,14H,2-6H2,1H3,(H,15,16);/q;+1/p-1. The summed E-state index contributed by atoms with van der Waals surface area (Å²) in [6.45, 7) is 2.14. The zero-order chi connectivity index (χ0) is 12.0. The van der Waals surface area contributed by atoms with Crippen LogP contribution in [0.1, 0.15) is 48.5 Å². The molecule has 1 rings (SSSR count). The number of benzene rings is 1. The van der Waals surface area contributed by atoms with Crippen molar-refractivity contribution in [2.24, 2.45) is 0 Å². The van der Waals surface area contributed by atoms with E-state index in [2.05, 4.69) is 6.92 Å². The third kappa shape index (κ3) is 6.10. The minimum absolute atomic E-state index is 0. The van der Waals surface area contributed by atoms with Crippen LogP contribution in [0.25, 0.3) is 0 Å². The first-order valence-corrected chi connectivity index (χ1v) is 5.67. The van der Waals surface area contributed by atoms with Gasteiger partial charge in [-0.05, 0) is 24.5 Å². The van der Waals surface area contributed by atoms with E-state index in [4.69, 9.17) is 5.11 Å². The Morgan fingerprint density at radius 2 is 1.94 bits per heavy atom. The van der Waals surface area contributed by atoms with Crippen LogP contribution in [-0.4, -0.2) is 11.1 Å². The number of rotatable bonds is 6. The summed E-state index contributed by atoms with van der Waals surface area (Å²) in [7, 11) is 0. The fourth-order valence-corrected chi connectivity index (χ4v) is 1.68. The third-order valence-electron chi connectivity index (χ3n) is 2.53. The Labute approximate surface area is 124 Å². The molecular weight excluding hydrogens is 227 g/mol. The maximum atomic E-state index is 11.2. The Balaban J connectivity index is 0.00000256. The second-order valence-corrected chi connectivity index (χ2v) is 3.98. The van der Waals surface area contributed by atoms with Crippen molar-refractivity contribution >= 4 is 5.97 Å². The Hall–Kier alpha value is -0.510. The monoisotopic (exact) mass is 244 g/mol. The van der Waals surface area contributed by atoms with Crippen molar-refractivity contribution in [2.75, 3.05) is 0 Å². The van der Waals surface area contributed by atoms with E-state index in [1.807, 2.05) is 0 Å². The normalized spacial score (nSPS) is 9.71. The summed E-state index contributed by atoms with van der Waals surface area (Å²) in [5.41, 5.74) is 0.930. The Morgan fingerprint density at radius 3 is 2.53 bits per heavy atom. The number of carboxylic acid groups (broad SMARTS) is 1. The summed E-state index contributed by atoms with van der Waals surface area (Å²) in [6.07, 6.45) is 5.28. The molecule has 0 bridgehead atoms. The fraction of sp³-hybridized carbons (Fsp3) is 0.462. The van der Waals surface area contributed by atoms with Crippen LogP contribution in [0, 0.1) is 0 Å². The van der Waals surface area contributed by atoms with Gasteiger partial charge in [-0.25, -0.2) is 4.79 Å². The zero-order valence-electron chi connectivity index (χ0n) is 10.5. The molecule has 0 aromatic heterocycles. The van der Waals surface area contributed by atoms with Crippen molar-refractivity contribution in [3.8, 4) is 5.75 Å². The molecule has 1 aromatic rings. The molecule has 17 heavy (non-hydrogen) atoms. The van der Waals surface area contributed by atoms with Crippen molar-refractivity contribution in [1.82, 2.24) is 0 Å². The molecule has 3 nitrogen and oxygen atoms in total. The van der Waals surface area contributed by atoms with Gasteiger partial charge in [0.25, 0.3) is 0 Å². The first kappa shape index (κ1) is 16.5. The van der Waals surface area contributed by atoms with E-state index in [0.717, 1.165) is 30.9 Å². The average Bonchev–Trinajstić information content (AvgIpc) is 2.23. The Bertz CT molecular complexity index is 364. The van der Waals surface area contributed by atoms with E-state index in [1.54, 1.807) is 6.07 Å². The van der Waals surface area contributed by atoms with Crippen LogP contribution in [0.2, 0.25) is 0 Å². The molecule has 0 aliphatic rings. The molecule has 1 N–H and O–H groups in total. The molecule has 0 amide bonds. The van der Waals surface area contributed by atoms with Gasteiger partial charge in [0.1, 0.15) is 0 Å². The number of carboxylic acids is 1.